The first kappa shape index (κ1) is 23.1. The number of aliphatic hydroxyl groups is 1. The molecule has 6 nitrogen and oxygen atoms in total. The Morgan fingerprint density at radius 3 is 2.46 bits per heavy atom. The van der Waals surface area contributed by atoms with Crippen molar-refractivity contribution in [3.8, 4) is 11.5 Å². The molecule has 0 saturated heterocycles. The van der Waals surface area contributed by atoms with E-state index in [0.29, 0.717) is 24.4 Å². The maximum absolute atomic E-state index is 12.1. The van der Waals surface area contributed by atoms with Crippen LogP contribution in [0.4, 0.5) is 0 Å². The normalized spacial score (nSPS) is 15.0. The van der Waals surface area contributed by atoms with Crippen LogP contribution in [0.3, 0.4) is 0 Å². The van der Waals surface area contributed by atoms with E-state index >= 15 is 0 Å². The number of benzene rings is 3. The second-order valence-electron chi connectivity index (χ2n) is 9.24. The molecule has 1 aliphatic carbocycles. The van der Waals surface area contributed by atoms with Crippen molar-refractivity contribution in [3.05, 3.63) is 106 Å². The summed E-state index contributed by atoms with van der Waals surface area (Å²) in [4.78, 5) is 15.0. The van der Waals surface area contributed by atoms with Crippen LogP contribution in [0.15, 0.2) is 83.7 Å². The number of hydrogen-bond donors (Lipinski definition) is 3. The minimum absolute atomic E-state index is 0.0123. The summed E-state index contributed by atoms with van der Waals surface area (Å²) in [6.07, 6.45) is 2.34. The summed E-state index contributed by atoms with van der Waals surface area (Å²) in [6.45, 7) is 0.818. The molecule has 1 aliphatic rings. The Hall–Kier alpha value is -3.61. The van der Waals surface area contributed by atoms with Crippen molar-refractivity contribution in [1.29, 1.82) is 0 Å². The van der Waals surface area contributed by atoms with Gasteiger partial charge in [0, 0.05) is 23.5 Å². The molecule has 3 aromatic carbocycles. The number of pyridine rings is 1. The van der Waals surface area contributed by atoms with Gasteiger partial charge in [0.05, 0.1) is 18.7 Å². The lowest BCUT2D eigenvalue weighted by Crippen LogP contribution is -2.36. The van der Waals surface area contributed by atoms with E-state index < -0.39 is 6.10 Å². The molecule has 1 aromatic heterocycles. The molecule has 3 N–H and O–H groups in total. The highest BCUT2D eigenvalue weighted by Crippen LogP contribution is 2.39. The standard InChI is InChI=1S/C29H30N2O4/c1-34-22-9-7-20(8-10-22)17-29(15-16-29)30-18-25(32)23-11-13-26(28-24(23)12-14-27(33)31-28)35-19-21-5-3-2-4-6-21/h2-14,25,30,32H,15-19H2,1H3,(H,31,33). The molecular weight excluding hydrogens is 440 g/mol. The Bertz CT molecular complexity index is 1340. The molecule has 0 spiro atoms. The first-order valence-electron chi connectivity index (χ1n) is 11.9. The molecule has 1 heterocycles. The van der Waals surface area contributed by atoms with Gasteiger partial charge < -0.3 is 24.9 Å². The SMILES string of the molecule is COc1ccc(CC2(NCC(O)c3ccc(OCc4ccccc4)c4[nH]c(=O)ccc34)CC2)cc1. The van der Waals surface area contributed by atoms with Crippen LogP contribution in [-0.2, 0) is 13.0 Å². The van der Waals surface area contributed by atoms with E-state index in [-0.39, 0.29) is 11.1 Å². The van der Waals surface area contributed by atoms with E-state index in [9.17, 15) is 9.90 Å². The minimum atomic E-state index is -0.722. The zero-order valence-corrected chi connectivity index (χ0v) is 19.8. The van der Waals surface area contributed by atoms with Gasteiger partial charge >= 0.3 is 0 Å². The smallest absolute Gasteiger partial charge is 0.248 e. The van der Waals surface area contributed by atoms with Gasteiger partial charge in [-0.3, -0.25) is 4.79 Å². The van der Waals surface area contributed by atoms with Crippen LogP contribution in [0.2, 0.25) is 0 Å². The highest BCUT2D eigenvalue weighted by atomic mass is 16.5. The van der Waals surface area contributed by atoms with E-state index in [2.05, 4.69) is 22.4 Å². The zero-order chi connectivity index (χ0) is 24.3. The summed E-state index contributed by atoms with van der Waals surface area (Å²) < 4.78 is 11.3. The Morgan fingerprint density at radius 1 is 0.971 bits per heavy atom. The average molecular weight is 471 g/mol. The lowest BCUT2D eigenvalue weighted by Gasteiger charge is -2.22. The van der Waals surface area contributed by atoms with E-state index in [1.807, 2.05) is 54.6 Å². The fourth-order valence-electron chi connectivity index (χ4n) is 4.52. The maximum Gasteiger partial charge on any atom is 0.248 e. The predicted octanol–water partition coefficient (Wildman–Crippen LogP) is 4.51. The topological polar surface area (TPSA) is 83.6 Å². The van der Waals surface area contributed by atoms with Crippen molar-refractivity contribution < 1.29 is 14.6 Å². The summed E-state index contributed by atoms with van der Waals surface area (Å²) in [7, 11) is 1.67. The van der Waals surface area contributed by atoms with Gasteiger partial charge in [-0.15, -0.1) is 0 Å². The van der Waals surface area contributed by atoms with E-state index in [1.165, 1.54) is 11.6 Å². The molecule has 1 unspecified atom stereocenters. The zero-order valence-electron chi connectivity index (χ0n) is 19.8. The maximum atomic E-state index is 12.1. The summed E-state index contributed by atoms with van der Waals surface area (Å²) in [5.74, 6) is 1.44. The summed E-state index contributed by atoms with van der Waals surface area (Å²) in [5, 5.41) is 15.5. The van der Waals surface area contributed by atoms with Crippen LogP contribution in [-0.4, -0.2) is 29.3 Å². The molecule has 1 saturated carbocycles. The number of aromatic amines is 1. The van der Waals surface area contributed by atoms with Crippen molar-refractivity contribution in [2.24, 2.45) is 0 Å². The number of aromatic nitrogens is 1. The number of methoxy groups -OCH3 is 1. The third-order valence-electron chi connectivity index (χ3n) is 6.71. The monoisotopic (exact) mass is 470 g/mol. The average Bonchev–Trinajstić information content (AvgIpc) is 3.66. The van der Waals surface area contributed by atoms with Gasteiger partial charge in [0.15, 0.2) is 0 Å². The summed E-state index contributed by atoms with van der Waals surface area (Å²) >= 11 is 0. The third-order valence-corrected chi connectivity index (χ3v) is 6.71. The number of fused-ring (bicyclic) bond motifs is 1. The lowest BCUT2D eigenvalue weighted by atomic mass is 10.0. The number of rotatable bonds is 10. The predicted molar refractivity (Wildman–Crippen MR) is 137 cm³/mol. The molecule has 35 heavy (non-hydrogen) atoms. The Labute approximate surface area is 204 Å². The highest BCUT2D eigenvalue weighted by Gasteiger charge is 2.42. The Morgan fingerprint density at radius 2 is 1.74 bits per heavy atom. The Balaban J connectivity index is 1.30. The molecule has 0 radical (unpaired) electrons. The van der Waals surface area contributed by atoms with Crippen LogP contribution in [0.25, 0.3) is 10.9 Å². The molecule has 0 bridgehead atoms. The van der Waals surface area contributed by atoms with Crippen molar-refractivity contribution in [3.63, 3.8) is 0 Å². The molecule has 5 rings (SSSR count). The number of hydrogen-bond acceptors (Lipinski definition) is 5. The van der Waals surface area contributed by atoms with Gasteiger partial charge in [0.1, 0.15) is 18.1 Å². The summed E-state index contributed by atoms with van der Waals surface area (Å²) in [5.41, 5.74) is 3.45. The first-order chi connectivity index (χ1) is 17.0. The van der Waals surface area contributed by atoms with Gasteiger partial charge in [0.2, 0.25) is 5.56 Å². The van der Waals surface area contributed by atoms with Gasteiger partial charge in [-0.1, -0.05) is 48.5 Å². The molecular formula is C29H30N2O4. The van der Waals surface area contributed by atoms with Crippen LogP contribution in [0, 0.1) is 0 Å². The minimum Gasteiger partial charge on any atom is -0.497 e. The second-order valence-corrected chi connectivity index (χ2v) is 9.24. The summed E-state index contributed by atoms with van der Waals surface area (Å²) in [6, 6.07) is 25.0. The van der Waals surface area contributed by atoms with E-state index in [0.717, 1.165) is 41.5 Å². The van der Waals surface area contributed by atoms with E-state index in [1.54, 1.807) is 13.2 Å². The molecule has 4 aromatic rings. The van der Waals surface area contributed by atoms with Crippen LogP contribution >= 0.6 is 0 Å². The second kappa shape index (κ2) is 9.94. The van der Waals surface area contributed by atoms with Crippen molar-refractivity contribution in [2.75, 3.05) is 13.7 Å². The Kier molecular flexibility index (Phi) is 6.57. The highest BCUT2D eigenvalue weighted by molar-refractivity contribution is 5.87. The van der Waals surface area contributed by atoms with E-state index in [4.69, 9.17) is 9.47 Å². The quantitative estimate of drug-likeness (QED) is 0.318. The molecule has 1 atom stereocenters. The largest absolute Gasteiger partial charge is 0.497 e. The third kappa shape index (κ3) is 5.39. The van der Waals surface area contributed by atoms with Crippen molar-refractivity contribution in [2.45, 2.75) is 37.5 Å². The van der Waals surface area contributed by atoms with Crippen LogP contribution in [0.1, 0.15) is 35.6 Å². The molecule has 6 heteroatoms. The molecule has 1 fully saturated rings. The number of aliphatic hydroxyl groups excluding tert-OH is 1. The fraction of sp³-hybridized carbons (Fsp3) is 0.276. The number of ether oxygens (including phenoxy) is 2. The first-order valence-corrected chi connectivity index (χ1v) is 11.9. The number of H-pyrrole nitrogens is 1. The van der Waals surface area contributed by atoms with Crippen LogP contribution < -0.4 is 20.3 Å². The van der Waals surface area contributed by atoms with Crippen molar-refractivity contribution >= 4 is 10.9 Å². The van der Waals surface area contributed by atoms with Gasteiger partial charge in [-0.25, -0.2) is 0 Å². The van der Waals surface area contributed by atoms with Gasteiger partial charge in [-0.2, -0.15) is 0 Å². The molecule has 180 valence electrons. The number of β-amino-alcohol motifs (C(OH)–C–C–N with tert-alkyl or cyclic N) is 1. The van der Waals surface area contributed by atoms with Gasteiger partial charge in [-0.05, 0) is 60.2 Å². The molecule has 0 aliphatic heterocycles. The van der Waals surface area contributed by atoms with Crippen LogP contribution in [0.5, 0.6) is 11.5 Å². The number of nitrogens with one attached hydrogen (secondary N) is 2. The van der Waals surface area contributed by atoms with Crippen molar-refractivity contribution in [1.82, 2.24) is 10.3 Å². The molecule has 0 amide bonds. The lowest BCUT2D eigenvalue weighted by molar-refractivity contribution is 0.169. The van der Waals surface area contributed by atoms with Gasteiger partial charge in [0.25, 0.3) is 0 Å². The fourth-order valence-corrected chi connectivity index (χ4v) is 4.52.